The predicted molar refractivity (Wildman–Crippen MR) is 83.6 cm³/mol. The Hall–Kier alpha value is -1.63. The van der Waals surface area contributed by atoms with E-state index in [-0.39, 0.29) is 0 Å². The van der Waals surface area contributed by atoms with Gasteiger partial charge in [-0.2, -0.15) is 0 Å². The number of nitrogens with zero attached hydrogens (tertiary/aromatic N) is 1. The van der Waals surface area contributed by atoms with Crippen molar-refractivity contribution in [3.8, 4) is 11.3 Å². The lowest BCUT2D eigenvalue weighted by Crippen LogP contribution is -2.31. The lowest BCUT2D eigenvalue weighted by atomic mass is 9.84. The van der Waals surface area contributed by atoms with Crippen LogP contribution in [0.2, 0.25) is 0 Å². The molecule has 20 heavy (non-hydrogen) atoms. The number of aromatic nitrogens is 1. The Kier molecular flexibility index (Phi) is 3.86. The largest absolute Gasteiger partial charge is 0.212 e. The maximum atomic E-state index is 2.42. The average Bonchev–Trinajstić information content (AvgIpc) is 2.49. The van der Waals surface area contributed by atoms with Crippen LogP contribution < -0.4 is 4.57 Å². The highest BCUT2D eigenvalue weighted by Crippen LogP contribution is 2.33. The molecule has 0 N–H and O–H groups in total. The molecule has 1 heteroatoms. The summed E-state index contributed by atoms with van der Waals surface area (Å²) in [5.74, 6) is 0.771. The molecule has 0 bridgehead atoms. The van der Waals surface area contributed by atoms with Crippen LogP contribution in [0.4, 0.5) is 0 Å². The molecule has 0 atom stereocenters. The Labute approximate surface area is 122 Å². The summed E-state index contributed by atoms with van der Waals surface area (Å²) < 4.78 is 2.24. The fraction of sp³-hybridized carbons (Fsp3) is 0.421. The van der Waals surface area contributed by atoms with Gasteiger partial charge in [0, 0.05) is 17.7 Å². The monoisotopic (exact) mass is 266 g/mol. The topological polar surface area (TPSA) is 3.88 Å². The Bertz CT molecular complexity index is 594. The summed E-state index contributed by atoms with van der Waals surface area (Å²) in [6.45, 7) is 2.20. The highest BCUT2D eigenvalue weighted by atomic mass is 14.9. The number of aryl methyl sites for hydroxylation is 2. The third-order valence-corrected chi connectivity index (χ3v) is 4.67. The molecule has 0 unspecified atom stereocenters. The second-order valence-corrected chi connectivity index (χ2v) is 6.11. The molecule has 0 radical (unpaired) electrons. The Morgan fingerprint density at radius 3 is 2.50 bits per heavy atom. The molecule has 2 aromatic rings. The number of pyridine rings is 1. The molecule has 1 aliphatic carbocycles. The molecule has 104 valence electrons. The van der Waals surface area contributed by atoms with Crippen LogP contribution in [0.25, 0.3) is 11.3 Å². The van der Waals surface area contributed by atoms with Crippen molar-refractivity contribution < 1.29 is 4.57 Å². The summed E-state index contributed by atoms with van der Waals surface area (Å²) in [6, 6.07) is 13.4. The number of benzene rings is 1. The van der Waals surface area contributed by atoms with Crippen molar-refractivity contribution >= 4 is 0 Å². The van der Waals surface area contributed by atoms with Gasteiger partial charge in [-0.25, -0.2) is 4.57 Å². The van der Waals surface area contributed by atoms with Crippen LogP contribution in [0.15, 0.2) is 42.6 Å². The third kappa shape index (κ3) is 2.63. The van der Waals surface area contributed by atoms with E-state index < -0.39 is 0 Å². The highest BCUT2D eigenvalue weighted by molar-refractivity contribution is 5.61. The number of hydrogen-bond acceptors (Lipinski definition) is 0. The quantitative estimate of drug-likeness (QED) is 0.703. The molecule has 1 fully saturated rings. The zero-order valence-corrected chi connectivity index (χ0v) is 12.6. The van der Waals surface area contributed by atoms with Crippen LogP contribution in [0.3, 0.4) is 0 Å². The fourth-order valence-corrected chi connectivity index (χ4v) is 3.40. The van der Waals surface area contributed by atoms with Crippen LogP contribution in [-0.4, -0.2) is 0 Å². The molecular weight excluding hydrogens is 242 g/mol. The average molecular weight is 266 g/mol. The minimum absolute atomic E-state index is 0.771. The van der Waals surface area contributed by atoms with Gasteiger partial charge in [-0.3, -0.25) is 0 Å². The van der Waals surface area contributed by atoms with Crippen molar-refractivity contribution in [1.82, 2.24) is 0 Å². The minimum atomic E-state index is 0.771. The zero-order chi connectivity index (χ0) is 13.9. The van der Waals surface area contributed by atoms with E-state index in [1.807, 2.05) is 0 Å². The van der Waals surface area contributed by atoms with Crippen molar-refractivity contribution in [1.29, 1.82) is 0 Å². The molecule has 0 amide bonds. The molecule has 1 nitrogen and oxygen atoms in total. The van der Waals surface area contributed by atoms with E-state index in [4.69, 9.17) is 0 Å². The van der Waals surface area contributed by atoms with Gasteiger partial charge < -0.3 is 0 Å². The van der Waals surface area contributed by atoms with Crippen molar-refractivity contribution in [3.05, 3.63) is 53.7 Å². The van der Waals surface area contributed by atoms with Gasteiger partial charge in [0.05, 0.1) is 0 Å². The molecule has 1 heterocycles. The molecule has 1 saturated carbocycles. The van der Waals surface area contributed by atoms with E-state index >= 15 is 0 Å². The van der Waals surface area contributed by atoms with Crippen molar-refractivity contribution in [2.24, 2.45) is 7.05 Å². The van der Waals surface area contributed by atoms with Crippen molar-refractivity contribution in [2.45, 2.75) is 44.9 Å². The van der Waals surface area contributed by atoms with E-state index in [0.29, 0.717) is 0 Å². The maximum absolute atomic E-state index is 2.42. The lowest BCUT2D eigenvalue weighted by molar-refractivity contribution is -0.660. The molecule has 1 aromatic carbocycles. The summed E-state index contributed by atoms with van der Waals surface area (Å²) in [5, 5.41) is 0. The van der Waals surface area contributed by atoms with E-state index in [0.717, 1.165) is 5.92 Å². The fourth-order valence-electron chi connectivity index (χ4n) is 3.40. The van der Waals surface area contributed by atoms with Gasteiger partial charge in [0.2, 0.25) is 5.69 Å². The SMILES string of the molecule is Cc1ccccc1-c1cc(C2CCCCC2)cc[n+]1C. The molecule has 1 aromatic heterocycles. The smallest absolute Gasteiger partial charge is 0.201 e. The summed E-state index contributed by atoms with van der Waals surface area (Å²) in [5.41, 5.74) is 5.57. The molecular formula is C19H24N+. The molecule has 0 aliphatic heterocycles. The van der Waals surface area contributed by atoms with Gasteiger partial charge in [-0.05, 0) is 42.9 Å². The van der Waals surface area contributed by atoms with Gasteiger partial charge in [0.25, 0.3) is 0 Å². The minimum Gasteiger partial charge on any atom is -0.201 e. The second kappa shape index (κ2) is 5.78. The highest BCUT2D eigenvalue weighted by Gasteiger charge is 2.19. The Morgan fingerprint density at radius 2 is 1.75 bits per heavy atom. The summed E-state index contributed by atoms with van der Waals surface area (Å²) in [6.07, 6.45) is 9.16. The van der Waals surface area contributed by atoms with Gasteiger partial charge >= 0.3 is 0 Å². The van der Waals surface area contributed by atoms with Crippen LogP contribution in [0, 0.1) is 6.92 Å². The van der Waals surface area contributed by atoms with Crippen LogP contribution in [-0.2, 0) is 7.05 Å². The summed E-state index contributed by atoms with van der Waals surface area (Å²) >= 11 is 0. The molecule has 1 aliphatic rings. The van der Waals surface area contributed by atoms with Gasteiger partial charge in [-0.1, -0.05) is 37.5 Å². The van der Waals surface area contributed by atoms with Crippen LogP contribution >= 0.6 is 0 Å². The predicted octanol–water partition coefficient (Wildman–Crippen LogP) is 4.53. The van der Waals surface area contributed by atoms with Gasteiger partial charge in [0.15, 0.2) is 6.20 Å². The van der Waals surface area contributed by atoms with Crippen LogP contribution in [0.5, 0.6) is 0 Å². The first-order chi connectivity index (χ1) is 9.75. The summed E-state index contributed by atoms with van der Waals surface area (Å²) in [7, 11) is 2.15. The lowest BCUT2D eigenvalue weighted by Gasteiger charge is -2.21. The van der Waals surface area contributed by atoms with Crippen molar-refractivity contribution in [2.75, 3.05) is 0 Å². The third-order valence-electron chi connectivity index (χ3n) is 4.67. The number of hydrogen-bond donors (Lipinski definition) is 0. The second-order valence-electron chi connectivity index (χ2n) is 6.11. The van der Waals surface area contributed by atoms with Crippen LogP contribution in [0.1, 0.15) is 49.1 Å². The van der Waals surface area contributed by atoms with E-state index in [1.54, 1.807) is 0 Å². The maximum Gasteiger partial charge on any atom is 0.212 e. The van der Waals surface area contributed by atoms with Gasteiger partial charge in [0.1, 0.15) is 7.05 Å². The van der Waals surface area contributed by atoms with E-state index in [9.17, 15) is 0 Å². The zero-order valence-electron chi connectivity index (χ0n) is 12.6. The number of rotatable bonds is 2. The standard InChI is InChI=1S/C19H24N/c1-15-8-6-7-11-18(15)19-14-17(12-13-20(19)2)16-9-4-3-5-10-16/h6-8,11-14,16H,3-5,9-10H2,1-2H3/q+1. The summed E-state index contributed by atoms with van der Waals surface area (Å²) in [4.78, 5) is 0. The van der Waals surface area contributed by atoms with Crippen molar-refractivity contribution in [3.63, 3.8) is 0 Å². The molecule has 0 spiro atoms. The van der Waals surface area contributed by atoms with Gasteiger partial charge in [-0.15, -0.1) is 0 Å². The Balaban J connectivity index is 2.00. The first-order valence-corrected chi connectivity index (χ1v) is 7.81. The first-order valence-electron chi connectivity index (χ1n) is 7.81. The molecule has 0 saturated heterocycles. The van der Waals surface area contributed by atoms with E-state index in [1.165, 1.54) is 54.5 Å². The Morgan fingerprint density at radius 1 is 1.00 bits per heavy atom. The normalized spacial score (nSPS) is 16.3. The first kappa shape index (κ1) is 13.4. The molecule has 3 rings (SSSR count). The van der Waals surface area contributed by atoms with E-state index in [2.05, 4.69) is 61.1 Å².